The van der Waals surface area contributed by atoms with Gasteiger partial charge in [0.25, 0.3) is 11.6 Å². The molecule has 0 unspecified atom stereocenters. The van der Waals surface area contributed by atoms with Crippen molar-refractivity contribution < 1.29 is 19.6 Å². The van der Waals surface area contributed by atoms with Crippen molar-refractivity contribution in [1.82, 2.24) is 5.32 Å². The summed E-state index contributed by atoms with van der Waals surface area (Å²) in [4.78, 5) is 33.4. The van der Waals surface area contributed by atoms with Crippen molar-refractivity contribution in [2.75, 3.05) is 12.0 Å². The van der Waals surface area contributed by atoms with Gasteiger partial charge in [-0.05, 0) is 40.4 Å². The lowest BCUT2D eigenvalue weighted by Gasteiger charge is -2.14. The molecule has 0 radical (unpaired) electrons. The number of benzene rings is 1. The van der Waals surface area contributed by atoms with E-state index in [0.29, 0.717) is 5.75 Å². The zero-order valence-electron chi connectivity index (χ0n) is 11.0. The Bertz CT molecular complexity index is 567. The van der Waals surface area contributed by atoms with Crippen molar-refractivity contribution in [2.45, 2.75) is 12.5 Å². The average Bonchev–Trinajstić information content (AvgIpc) is 2.42. The molecule has 1 rings (SSSR count). The highest BCUT2D eigenvalue weighted by molar-refractivity contribution is 9.10. The number of carboxylic acid groups (broad SMARTS) is 1. The predicted octanol–water partition coefficient (Wildman–Crippen LogP) is 2.29. The summed E-state index contributed by atoms with van der Waals surface area (Å²) in [7, 11) is 0. The number of thioether (sulfide) groups is 1. The molecular weight excluding hydrogens is 364 g/mol. The molecule has 114 valence electrons. The molecule has 2 N–H and O–H groups in total. The van der Waals surface area contributed by atoms with Crippen molar-refractivity contribution in [3.63, 3.8) is 0 Å². The Hall–Kier alpha value is -1.61. The summed E-state index contributed by atoms with van der Waals surface area (Å²) < 4.78 is 0.0292. The summed E-state index contributed by atoms with van der Waals surface area (Å²) in [6.07, 6.45) is 2.10. The lowest BCUT2D eigenvalue weighted by Crippen LogP contribution is -2.41. The van der Waals surface area contributed by atoms with Crippen molar-refractivity contribution in [2.24, 2.45) is 0 Å². The van der Waals surface area contributed by atoms with E-state index in [1.54, 1.807) is 0 Å². The van der Waals surface area contributed by atoms with Crippen LogP contribution in [0.1, 0.15) is 16.8 Å². The van der Waals surface area contributed by atoms with Crippen LogP contribution in [0.2, 0.25) is 0 Å². The molecule has 0 saturated heterocycles. The Morgan fingerprint density at radius 2 is 2.19 bits per heavy atom. The van der Waals surface area contributed by atoms with Crippen molar-refractivity contribution >= 4 is 45.3 Å². The van der Waals surface area contributed by atoms with Crippen LogP contribution in [0.4, 0.5) is 5.69 Å². The molecule has 0 aromatic heterocycles. The molecule has 1 aromatic rings. The van der Waals surface area contributed by atoms with Crippen molar-refractivity contribution in [3.05, 3.63) is 38.3 Å². The number of carboxylic acids is 1. The predicted molar refractivity (Wildman–Crippen MR) is 82.7 cm³/mol. The third-order valence-electron chi connectivity index (χ3n) is 2.63. The van der Waals surface area contributed by atoms with Gasteiger partial charge in [-0.1, -0.05) is 6.07 Å². The number of nitro benzene ring substituents is 1. The van der Waals surface area contributed by atoms with Gasteiger partial charge in [0.15, 0.2) is 0 Å². The van der Waals surface area contributed by atoms with Gasteiger partial charge in [-0.15, -0.1) is 0 Å². The fourth-order valence-electron chi connectivity index (χ4n) is 1.57. The Labute approximate surface area is 133 Å². The van der Waals surface area contributed by atoms with Crippen LogP contribution in [0.25, 0.3) is 0 Å². The summed E-state index contributed by atoms with van der Waals surface area (Å²) in [6.45, 7) is 0. The monoisotopic (exact) mass is 376 g/mol. The second-order valence-corrected chi connectivity index (χ2v) is 5.82. The highest BCUT2D eigenvalue weighted by Gasteiger charge is 2.24. The number of nitrogens with zero attached hydrogens (tertiary/aromatic N) is 1. The second-order valence-electron chi connectivity index (χ2n) is 4.04. The summed E-state index contributed by atoms with van der Waals surface area (Å²) in [5, 5.41) is 22.2. The van der Waals surface area contributed by atoms with Crippen LogP contribution in [-0.2, 0) is 4.79 Å². The molecule has 0 aliphatic rings. The molecule has 0 saturated carbocycles. The van der Waals surface area contributed by atoms with Crippen molar-refractivity contribution in [3.8, 4) is 0 Å². The molecule has 0 fully saturated rings. The quantitative estimate of drug-likeness (QED) is 0.557. The van der Waals surface area contributed by atoms with Gasteiger partial charge in [0.2, 0.25) is 0 Å². The molecule has 0 heterocycles. The summed E-state index contributed by atoms with van der Waals surface area (Å²) in [5.41, 5.74) is -0.224. The fraction of sp³-hybridized carbons (Fsp3) is 0.333. The molecular formula is C12H13BrN2O5S. The van der Waals surface area contributed by atoms with Gasteiger partial charge in [0.05, 0.1) is 10.5 Å². The van der Waals surface area contributed by atoms with Crippen LogP contribution in [0, 0.1) is 10.1 Å². The van der Waals surface area contributed by atoms with E-state index < -0.39 is 22.8 Å². The number of nitrogens with one attached hydrogen (secondary N) is 1. The van der Waals surface area contributed by atoms with Gasteiger partial charge < -0.3 is 10.4 Å². The van der Waals surface area contributed by atoms with E-state index in [4.69, 9.17) is 5.11 Å². The van der Waals surface area contributed by atoms with Crippen LogP contribution in [0.15, 0.2) is 22.7 Å². The Morgan fingerprint density at radius 3 is 2.71 bits per heavy atom. The Morgan fingerprint density at radius 1 is 1.52 bits per heavy atom. The van der Waals surface area contributed by atoms with Crippen LogP contribution in [0.3, 0.4) is 0 Å². The van der Waals surface area contributed by atoms with E-state index in [1.807, 2.05) is 6.26 Å². The number of rotatable bonds is 7. The number of carbonyl (C=O) groups is 2. The topological polar surface area (TPSA) is 110 Å². The van der Waals surface area contributed by atoms with E-state index in [9.17, 15) is 19.7 Å². The smallest absolute Gasteiger partial charge is 0.326 e. The van der Waals surface area contributed by atoms with Crippen LogP contribution >= 0.6 is 27.7 Å². The highest BCUT2D eigenvalue weighted by Crippen LogP contribution is 2.28. The number of amides is 1. The first-order valence-electron chi connectivity index (χ1n) is 5.84. The molecule has 0 aliphatic carbocycles. The van der Waals surface area contributed by atoms with E-state index in [1.165, 1.54) is 30.0 Å². The molecule has 0 spiro atoms. The number of hydrogen-bond acceptors (Lipinski definition) is 5. The number of halogens is 1. The van der Waals surface area contributed by atoms with Gasteiger partial charge in [-0.2, -0.15) is 11.8 Å². The van der Waals surface area contributed by atoms with Crippen LogP contribution in [-0.4, -0.2) is 40.0 Å². The highest BCUT2D eigenvalue weighted by atomic mass is 79.9. The van der Waals surface area contributed by atoms with Crippen LogP contribution < -0.4 is 5.32 Å². The fourth-order valence-corrected chi connectivity index (χ4v) is 2.63. The standard InChI is InChI=1S/C12H13BrN2O5S/c1-21-6-5-8(12(17)18)14-11(16)7-3-2-4-9(10(7)13)15(19)20/h2-4,8H,5-6H2,1H3,(H,14,16)(H,17,18)/t8-/m0/s1. The summed E-state index contributed by atoms with van der Waals surface area (Å²) >= 11 is 4.47. The lowest BCUT2D eigenvalue weighted by atomic mass is 10.1. The normalized spacial score (nSPS) is 11.7. The van der Waals surface area contributed by atoms with E-state index in [0.717, 1.165) is 0 Å². The first kappa shape index (κ1) is 17.4. The third kappa shape index (κ3) is 4.71. The minimum atomic E-state index is -1.14. The first-order chi connectivity index (χ1) is 9.88. The molecule has 1 atom stereocenters. The molecule has 1 amide bonds. The number of hydrogen-bond donors (Lipinski definition) is 2. The van der Waals surface area contributed by atoms with Gasteiger partial charge in [0.1, 0.15) is 10.5 Å². The van der Waals surface area contributed by atoms with E-state index >= 15 is 0 Å². The maximum absolute atomic E-state index is 12.1. The first-order valence-corrected chi connectivity index (χ1v) is 8.02. The SMILES string of the molecule is CSCC[C@H](NC(=O)c1cccc([N+](=O)[O-])c1Br)C(=O)O. The molecule has 0 aliphatic heterocycles. The Balaban J connectivity index is 2.95. The molecule has 9 heteroatoms. The maximum Gasteiger partial charge on any atom is 0.326 e. The molecule has 21 heavy (non-hydrogen) atoms. The van der Waals surface area contributed by atoms with E-state index in [-0.39, 0.29) is 22.1 Å². The zero-order chi connectivity index (χ0) is 16.0. The van der Waals surface area contributed by atoms with E-state index in [2.05, 4.69) is 21.2 Å². The van der Waals surface area contributed by atoms with Gasteiger partial charge >= 0.3 is 5.97 Å². The summed E-state index contributed by atoms with van der Waals surface area (Å²) in [5.74, 6) is -1.23. The minimum Gasteiger partial charge on any atom is -0.480 e. The average molecular weight is 377 g/mol. The molecule has 0 bridgehead atoms. The van der Waals surface area contributed by atoms with Gasteiger partial charge in [-0.3, -0.25) is 14.9 Å². The number of nitro groups is 1. The molecule has 1 aromatic carbocycles. The lowest BCUT2D eigenvalue weighted by molar-refractivity contribution is -0.385. The summed E-state index contributed by atoms with van der Waals surface area (Å²) in [6, 6.07) is 2.98. The number of carbonyl (C=O) groups excluding carboxylic acids is 1. The van der Waals surface area contributed by atoms with Crippen LogP contribution in [0.5, 0.6) is 0 Å². The van der Waals surface area contributed by atoms with Crippen molar-refractivity contribution in [1.29, 1.82) is 0 Å². The Kier molecular flexibility index (Phi) is 6.63. The van der Waals surface area contributed by atoms with Gasteiger partial charge in [0, 0.05) is 6.07 Å². The maximum atomic E-state index is 12.1. The minimum absolute atomic E-state index is 0.0274. The number of aliphatic carboxylic acids is 1. The van der Waals surface area contributed by atoms with Gasteiger partial charge in [-0.25, -0.2) is 4.79 Å². The second kappa shape index (κ2) is 7.99. The largest absolute Gasteiger partial charge is 0.480 e. The zero-order valence-corrected chi connectivity index (χ0v) is 13.4. The third-order valence-corrected chi connectivity index (χ3v) is 4.11. The molecule has 7 nitrogen and oxygen atoms in total.